The van der Waals surface area contributed by atoms with Crippen molar-refractivity contribution in [3.8, 4) is 0 Å². The summed E-state index contributed by atoms with van der Waals surface area (Å²) < 4.78 is 0. The maximum atomic E-state index is 12.9. The molecular formula is C23H28N2O3. The van der Waals surface area contributed by atoms with Gasteiger partial charge in [-0.3, -0.25) is 14.4 Å². The highest BCUT2D eigenvalue weighted by Crippen LogP contribution is 2.22. The number of benzene rings is 2. The van der Waals surface area contributed by atoms with Crippen molar-refractivity contribution in [2.75, 3.05) is 6.54 Å². The number of rotatable bonds is 7. The first-order valence-electron chi connectivity index (χ1n) is 10.1. The Hall–Kier alpha value is -2.69. The third kappa shape index (κ3) is 4.41. The molecule has 1 fully saturated rings. The number of hydrogen-bond donors (Lipinski definition) is 1. The molecule has 1 aliphatic rings. The minimum absolute atomic E-state index is 0.0218. The molecule has 2 aromatic rings. The van der Waals surface area contributed by atoms with Gasteiger partial charge in [-0.1, -0.05) is 49.4 Å². The van der Waals surface area contributed by atoms with Gasteiger partial charge in [0.1, 0.15) is 6.04 Å². The Bertz CT molecular complexity index is 872. The Balaban J connectivity index is 1.75. The van der Waals surface area contributed by atoms with E-state index in [1.165, 1.54) is 6.92 Å². The highest BCUT2D eigenvalue weighted by molar-refractivity contribution is 5.93. The average Bonchev–Trinajstić information content (AvgIpc) is 3.18. The molecule has 1 aliphatic heterocycles. The fourth-order valence-corrected chi connectivity index (χ4v) is 3.95. The van der Waals surface area contributed by atoms with E-state index in [-0.39, 0.29) is 17.6 Å². The van der Waals surface area contributed by atoms with Gasteiger partial charge >= 0.3 is 0 Å². The summed E-state index contributed by atoms with van der Waals surface area (Å²) in [6.07, 6.45) is 3.14. The number of likely N-dealkylation sites (tertiary alicyclic amines) is 1. The lowest BCUT2D eigenvalue weighted by molar-refractivity contribution is -0.139. The maximum absolute atomic E-state index is 12.9. The number of fused-ring (bicyclic) bond motifs is 1. The molecule has 0 aliphatic carbocycles. The van der Waals surface area contributed by atoms with Gasteiger partial charge in [0.15, 0.2) is 5.78 Å². The van der Waals surface area contributed by atoms with E-state index in [0.717, 1.165) is 29.2 Å². The van der Waals surface area contributed by atoms with E-state index in [2.05, 4.69) is 5.32 Å². The van der Waals surface area contributed by atoms with Crippen molar-refractivity contribution in [3.05, 3.63) is 48.0 Å². The van der Waals surface area contributed by atoms with Gasteiger partial charge < -0.3 is 10.2 Å². The standard InChI is InChI=1S/C23H28N2O3/c1-3-8-22(27)25-14-7-13-21(25)23(28)24-20(16(2)26)15-18-11-6-10-17-9-4-5-12-19(17)18/h4-6,9-12,20-21H,3,7-8,13-15H2,1-2H3,(H,24,28)/t20-,21-/m0/s1. The number of carbonyl (C=O) groups excluding carboxylic acids is 3. The van der Waals surface area contributed by atoms with Crippen LogP contribution in [0.2, 0.25) is 0 Å². The van der Waals surface area contributed by atoms with E-state index in [0.29, 0.717) is 25.8 Å². The summed E-state index contributed by atoms with van der Waals surface area (Å²) in [5.41, 5.74) is 1.03. The molecule has 2 aromatic carbocycles. The van der Waals surface area contributed by atoms with Crippen LogP contribution in [0.1, 0.15) is 45.1 Å². The molecule has 148 valence electrons. The SMILES string of the molecule is CCCC(=O)N1CCC[C@H]1C(=O)N[C@@H](Cc1cccc2ccccc12)C(C)=O. The van der Waals surface area contributed by atoms with Crippen LogP contribution < -0.4 is 5.32 Å². The lowest BCUT2D eigenvalue weighted by Crippen LogP contribution is -2.51. The van der Waals surface area contributed by atoms with Gasteiger partial charge in [0.05, 0.1) is 6.04 Å². The fraction of sp³-hybridized carbons (Fsp3) is 0.435. The molecule has 0 saturated carbocycles. The number of carbonyl (C=O) groups is 3. The predicted molar refractivity (Wildman–Crippen MR) is 110 cm³/mol. The number of ketones is 1. The molecule has 3 rings (SSSR count). The van der Waals surface area contributed by atoms with E-state index >= 15 is 0 Å². The minimum Gasteiger partial charge on any atom is -0.344 e. The third-order valence-corrected chi connectivity index (χ3v) is 5.45. The number of Topliss-reactive ketones (excluding diaryl/α,β-unsaturated/α-hetero) is 1. The molecule has 1 saturated heterocycles. The smallest absolute Gasteiger partial charge is 0.243 e. The van der Waals surface area contributed by atoms with Crippen molar-refractivity contribution in [3.63, 3.8) is 0 Å². The van der Waals surface area contributed by atoms with E-state index in [1.54, 1.807) is 4.90 Å². The van der Waals surface area contributed by atoms with Crippen LogP contribution in [-0.4, -0.2) is 41.1 Å². The predicted octanol–water partition coefficient (Wildman–Crippen LogP) is 3.25. The van der Waals surface area contributed by atoms with Crippen molar-refractivity contribution in [1.29, 1.82) is 0 Å². The number of nitrogens with zero attached hydrogens (tertiary/aromatic N) is 1. The summed E-state index contributed by atoms with van der Waals surface area (Å²) in [6, 6.07) is 13.0. The monoisotopic (exact) mass is 380 g/mol. The summed E-state index contributed by atoms with van der Waals surface area (Å²) >= 11 is 0. The zero-order valence-corrected chi connectivity index (χ0v) is 16.6. The van der Waals surface area contributed by atoms with Gasteiger partial charge in [-0.05, 0) is 42.5 Å². The van der Waals surface area contributed by atoms with Gasteiger partial charge in [0.2, 0.25) is 11.8 Å². The molecule has 0 unspecified atom stereocenters. The molecule has 1 heterocycles. The number of nitrogens with one attached hydrogen (secondary N) is 1. The van der Waals surface area contributed by atoms with Gasteiger partial charge in [-0.25, -0.2) is 0 Å². The van der Waals surface area contributed by atoms with Crippen LogP contribution in [0, 0.1) is 0 Å². The Morgan fingerprint density at radius 1 is 1.14 bits per heavy atom. The summed E-state index contributed by atoms with van der Waals surface area (Å²) in [6.45, 7) is 4.08. The average molecular weight is 380 g/mol. The lowest BCUT2D eigenvalue weighted by atomic mass is 9.97. The quantitative estimate of drug-likeness (QED) is 0.802. The zero-order chi connectivity index (χ0) is 20.1. The van der Waals surface area contributed by atoms with Crippen LogP contribution in [0.5, 0.6) is 0 Å². The Morgan fingerprint density at radius 2 is 1.89 bits per heavy atom. The molecule has 0 radical (unpaired) electrons. The molecule has 0 bridgehead atoms. The lowest BCUT2D eigenvalue weighted by Gasteiger charge is -2.26. The summed E-state index contributed by atoms with van der Waals surface area (Å²) in [5, 5.41) is 5.12. The second-order valence-corrected chi connectivity index (χ2v) is 7.51. The largest absolute Gasteiger partial charge is 0.344 e. The number of hydrogen-bond acceptors (Lipinski definition) is 3. The van der Waals surface area contributed by atoms with Crippen LogP contribution in [0.3, 0.4) is 0 Å². The molecule has 2 atom stereocenters. The Morgan fingerprint density at radius 3 is 2.64 bits per heavy atom. The molecule has 5 heteroatoms. The Labute approximate surface area is 166 Å². The minimum atomic E-state index is -0.595. The van der Waals surface area contributed by atoms with Crippen LogP contribution >= 0.6 is 0 Å². The zero-order valence-electron chi connectivity index (χ0n) is 16.6. The van der Waals surface area contributed by atoms with Gasteiger partial charge in [0.25, 0.3) is 0 Å². The summed E-state index contributed by atoms with van der Waals surface area (Å²) in [5.74, 6) is -0.276. The maximum Gasteiger partial charge on any atom is 0.243 e. The van der Waals surface area contributed by atoms with Crippen molar-refractivity contribution in [2.45, 2.75) is 58.0 Å². The van der Waals surface area contributed by atoms with Crippen molar-refractivity contribution >= 4 is 28.4 Å². The first-order valence-corrected chi connectivity index (χ1v) is 10.1. The highest BCUT2D eigenvalue weighted by atomic mass is 16.2. The molecule has 0 spiro atoms. The van der Waals surface area contributed by atoms with Gasteiger partial charge in [-0.2, -0.15) is 0 Å². The first kappa shape index (κ1) is 20.1. The first-order chi connectivity index (χ1) is 13.5. The number of amides is 2. The Kier molecular flexibility index (Phi) is 6.45. The summed E-state index contributed by atoms with van der Waals surface area (Å²) in [4.78, 5) is 39.1. The summed E-state index contributed by atoms with van der Waals surface area (Å²) in [7, 11) is 0. The fourth-order valence-electron chi connectivity index (χ4n) is 3.95. The van der Waals surface area contributed by atoms with Gasteiger partial charge in [0, 0.05) is 19.4 Å². The van der Waals surface area contributed by atoms with E-state index < -0.39 is 12.1 Å². The molecule has 1 N–H and O–H groups in total. The second kappa shape index (κ2) is 9.00. The molecule has 28 heavy (non-hydrogen) atoms. The molecule has 5 nitrogen and oxygen atoms in total. The third-order valence-electron chi connectivity index (χ3n) is 5.45. The molecule has 2 amide bonds. The normalized spacial score (nSPS) is 17.5. The van der Waals surface area contributed by atoms with Gasteiger partial charge in [-0.15, -0.1) is 0 Å². The molecule has 0 aromatic heterocycles. The second-order valence-electron chi connectivity index (χ2n) is 7.51. The van der Waals surface area contributed by atoms with E-state index in [4.69, 9.17) is 0 Å². The van der Waals surface area contributed by atoms with Crippen molar-refractivity contribution < 1.29 is 14.4 Å². The molecular weight excluding hydrogens is 352 g/mol. The van der Waals surface area contributed by atoms with Crippen molar-refractivity contribution in [1.82, 2.24) is 10.2 Å². The van der Waals surface area contributed by atoms with Crippen LogP contribution in [0.25, 0.3) is 10.8 Å². The van der Waals surface area contributed by atoms with Crippen molar-refractivity contribution in [2.24, 2.45) is 0 Å². The van der Waals surface area contributed by atoms with Crippen LogP contribution in [-0.2, 0) is 20.8 Å². The van der Waals surface area contributed by atoms with Crippen LogP contribution in [0.4, 0.5) is 0 Å². The highest BCUT2D eigenvalue weighted by Gasteiger charge is 2.34. The topological polar surface area (TPSA) is 66.5 Å². The van der Waals surface area contributed by atoms with E-state index in [9.17, 15) is 14.4 Å². The van der Waals surface area contributed by atoms with Crippen LogP contribution in [0.15, 0.2) is 42.5 Å². The van der Waals surface area contributed by atoms with E-state index in [1.807, 2.05) is 49.4 Å².